The lowest BCUT2D eigenvalue weighted by Crippen LogP contribution is -2.19. The van der Waals surface area contributed by atoms with Gasteiger partial charge in [0.05, 0.1) is 58.2 Å². The number of sulfone groups is 1. The first-order valence-electron chi connectivity index (χ1n) is 27.8. The fraction of sp³-hybridized carbons (Fsp3) is 0.0597. The van der Waals surface area contributed by atoms with Crippen LogP contribution in [0.3, 0.4) is 0 Å². The zero-order chi connectivity index (χ0) is 66.5. The number of alkyl halides is 3. The van der Waals surface area contributed by atoms with Crippen molar-refractivity contribution in [2.24, 2.45) is 5.14 Å². The Balaban J connectivity index is 0.000000153. The maximum absolute atomic E-state index is 13.8. The summed E-state index contributed by atoms with van der Waals surface area (Å²) < 4.78 is 166. The van der Waals surface area contributed by atoms with Crippen molar-refractivity contribution in [3.05, 3.63) is 245 Å². The lowest BCUT2D eigenvalue weighted by atomic mass is 10.1. The van der Waals surface area contributed by atoms with Gasteiger partial charge in [0.15, 0.2) is 9.84 Å². The van der Waals surface area contributed by atoms with Gasteiger partial charge in [0, 0.05) is 34.6 Å². The van der Waals surface area contributed by atoms with E-state index in [2.05, 4.69) is 39.3 Å². The summed E-state index contributed by atoms with van der Waals surface area (Å²) in [5.74, 6) is 0.252. The molecule has 0 atom stereocenters. The van der Waals surface area contributed by atoms with E-state index in [9.17, 15) is 55.6 Å². The van der Waals surface area contributed by atoms with Gasteiger partial charge in [-0.2, -0.15) is 13.2 Å². The van der Waals surface area contributed by atoms with Crippen LogP contribution < -0.4 is 14.6 Å². The summed E-state index contributed by atoms with van der Waals surface area (Å²) in [5, 5.41) is 5.32. The molecule has 0 amide bonds. The highest BCUT2D eigenvalue weighted by Crippen LogP contribution is 2.34. The molecule has 0 bridgehead atoms. The summed E-state index contributed by atoms with van der Waals surface area (Å²) in [6.45, 7) is 0. The van der Waals surface area contributed by atoms with Crippen molar-refractivity contribution >= 4 is 109 Å². The molecule has 12 aromatic rings. The van der Waals surface area contributed by atoms with Gasteiger partial charge in [0.25, 0.3) is 0 Å². The van der Waals surface area contributed by atoms with Crippen LogP contribution in [-0.2, 0) is 46.1 Å². The van der Waals surface area contributed by atoms with Crippen molar-refractivity contribution in [2.75, 3.05) is 20.4 Å². The molecule has 3 heterocycles. The summed E-state index contributed by atoms with van der Waals surface area (Å²) in [7, 11) is -11.6. The average molecular weight is 1340 g/mol. The number of hydrogen-bond donors (Lipinski definition) is 6. The maximum atomic E-state index is 13.8. The number of H-pyrrole nitrogens is 3. The highest BCUT2D eigenvalue weighted by molar-refractivity contribution is 7.91. The fourth-order valence-corrected chi connectivity index (χ4v) is 13.0. The Morgan fingerprint density at radius 2 is 0.860 bits per heavy atom. The van der Waals surface area contributed by atoms with Gasteiger partial charge in [-0.25, -0.2) is 72.0 Å². The molecule has 7 N–H and O–H groups in total. The van der Waals surface area contributed by atoms with Gasteiger partial charge in [-0.3, -0.25) is 0 Å². The first-order chi connectivity index (χ1) is 44.1. The first kappa shape index (κ1) is 65.9. The minimum Gasteiger partial charge on any atom is -0.338 e. The number of nitrogens with one attached hydrogen (secondary N) is 5. The second kappa shape index (κ2) is 27.0. The van der Waals surface area contributed by atoms with Gasteiger partial charge >= 0.3 is 6.18 Å². The summed E-state index contributed by atoms with van der Waals surface area (Å²) in [6.07, 6.45) is 6.60. The standard InChI is InChI=1S/C23H18F3N3O2S.C23H21N3O4S2.C21H15F2N3O2S/c1-27-32(30,31)21-8-3-2-7-18(21)16-10-11-19-20(14-16)29-22(28-19)12-9-15-5-4-6-17(13-15)23(24,25)26;1-24-32(29,30)22-6-4-3-5-19(22)17-10-13-20-21(15-17)26-23(25-20)14-9-16-7-11-18(12-8-16)31(2,27)28;22-15-8-5-13(17(23)12-15)7-10-21-25-18-9-6-14(11-19(18)26-21)16-3-1-2-4-20(16)29(24,27)28/h2-14,27H,1H3,(H,28,29);3-15,24H,1-2H3,(H,25,26);1-12H,(H,25,26)(H2,24,27,28)/b12-9+;14-9+;10-7+. The number of rotatable bonds is 15. The number of nitrogens with zero attached hydrogens (tertiary/aromatic N) is 3. The molecule has 0 unspecified atom stereocenters. The number of halogens is 5. The number of primary sulfonamides is 1. The number of benzene rings is 9. The third-order valence-electron chi connectivity index (χ3n) is 14.3. The molecule has 0 aliphatic rings. The minimum atomic E-state index is -4.41. The summed E-state index contributed by atoms with van der Waals surface area (Å²) in [6, 6.07) is 51.0. The van der Waals surface area contributed by atoms with Crippen molar-refractivity contribution in [1.29, 1.82) is 0 Å². The Hall–Kier alpha value is -10.1. The van der Waals surface area contributed by atoms with Crippen LogP contribution in [0.25, 0.3) is 103 Å². The van der Waals surface area contributed by atoms with E-state index in [1.165, 1.54) is 56.8 Å². The number of hydrogen-bond acceptors (Lipinski definition) is 11. The van der Waals surface area contributed by atoms with Crippen LogP contribution in [0.15, 0.2) is 214 Å². The fourth-order valence-electron chi connectivity index (χ4n) is 9.68. The Kier molecular flexibility index (Phi) is 19.1. The van der Waals surface area contributed by atoms with Gasteiger partial charge in [-0.05, 0) is 157 Å². The van der Waals surface area contributed by atoms with E-state index >= 15 is 0 Å². The summed E-state index contributed by atoms with van der Waals surface area (Å²) in [4.78, 5) is 23.5. The maximum Gasteiger partial charge on any atom is 0.416 e. The highest BCUT2D eigenvalue weighted by Gasteiger charge is 2.30. The number of fused-ring (bicyclic) bond motifs is 3. The van der Waals surface area contributed by atoms with E-state index in [1.54, 1.807) is 152 Å². The van der Waals surface area contributed by atoms with E-state index in [4.69, 9.17) is 5.14 Å². The first-order valence-corrected chi connectivity index (χ1v) is 34.2. The van der Waals surface area contributed by atoms with E-state index in [0.717, 1.165) is 40.4 Å². The van der Waals surface area contributed by atoms with Crippen molar-refractivity contribution < 1.29 is 55.6 Å². The molecule has 474 valence electrons. The zero-order valence-corrected chi connectivity index (χ0v) is 52.4. The van der Waals surface area contributed by atoms with E-state index in [-0.39, 0.29) is 25.1 Å². The Bertz CT molecular complexity index is 5380. The van der Waals surface area contributed by atoms with E-state index < -0.39 is 63.3 Å². The normalized spacial score (nSPS) is 12.4. The molecule has 0 aliphatic heterocycles. The second-order valence-electron chi connectivity index (χ2n) is 20.6. The van der Waals surface area contributed by atoms with Crippen LogP contribution in [0.1, 0.15) is 39.7 Å². The molecule has 12 rings (SSSR count). The molecule has 3 aromatic heterocycles. The van der Waals surface area contributed by atoms with Crippen molar-refractivity contribution in [3.63, 3.8) is 0 Å². The van der Waals surface area contributed by atoms with Gasteiger partial charge in [-0.1, -0.05) is 109 Å². The third kappa shape index (κ3) is 15.8. The smallest absolute Gasteiger partial charge is 0.338 e. The average Bonchev–Trinajstić information content (AvgIpc) is 1.81. The van der Waals surface area contributed by atoms with Crippen LogP contribution in [0.2, 0.25) is 0 Å². The third-order valence-corrected chi connectivity index (χ3v) is 19.3. The largest absolute Gasteiger partial charge is 0.416 e. The Morgan fingerprint density at radius 3 is 1.28 bits per heavy atom. The topological polar surface area (TPSA) is 273 Å². The molecule has 0 fully saturated rings. The lowest BCUT2D eigenvalue weighted by molar-refractivity contribution is -0.137. The molecule has 0 saturated carbocycles. The summed E-state index contributed by atoms with van der Waals surface area (Å²) >= 11 is 0. The van der Waals surface area contributed by atoms with Crippen molar-refractivity contribution in [1.82, 2.24) is 39.3 Å². The van der Waals surface area contributed by atoms with E-state index in [0.29, 0.717) is 72.9 Å². The SMILES string of the molecule is CNS(=O)(=O)c1ccccc1-c1ccc2nc(/C=C/c3ccc(S(C)(=O)=O)cc3)[nH]c2c1.CNS(=O)(=O)c1ccccc1-c1ccc2nc(/C=C/c3cccc(C(F)(F)F)c3)[nH]c2c1.NS(=O)(=O)c1ccccc1-c1ccc2nc(/C=C/c3ccc(F)cc3F)[nH]c2c1. The number of aromatic amines is 3. The molecule has 0 radical (unpaired) electrons. The van der Waals surface area contributed by atoms with Gasteiger partial charge in [0.2, 0.25) is 30.1 Å². The molecule has 0 spiro atoms. The van der Waals surface area contributed by atoms with E-state index in [1.807, 2.05) is 24.3 Å². The van der Waals surface area contributed by atoms with Crippen molar-refractivity contribution in [2.45, 2.75) is 25.8 Å². The molecule has 93 heavy (non-hydrogen) atoms. The van der Waals surface area contributed by atoms with Crippen LogP contribution in [0.4, 0.5) is 22.0 Å². The monoisotopic (exact) mass is 1340 g/mol. The van der Waals surface area contributed by atoms with Crippen LogP contribution >= 0.6 is 0 Å². The molecule has 9 aromatic carbocycles. The quantitative estimate of drug-likeness (QED) is 0.0525. The van der Waals surface area contributed by atoms with Gasteiger partial charge in [0.1, 0.15) is 29.1 Å². The van der Waals surface area contributed by atoms with Crippen LogP contribution in [0, 0.1) is 11.6 Å². The molecular weight excluding hydrogens is 1280 g/mol. The molecule has 0 saturated heterocycles. The lowest BCUT2D eigenvalue weighted by Gasteiger charge is -2.09. The number of sulfonamides is 3. The predicted octanol–water partition coefficient (Wildman–Crippen LogP) is 13.4. The Labute approximate surface area is 531 Å². The molecule has 17 nitrogen and oxygen atoms in total. The van der Waals surface area contributed by atoms with Gasteiger partial charge < -0.3 is 15.0 Å². The molecule has 26 heteroatoms. The van der Waals surface area contributed by atoms with Crippen LogP contribution in [-0.4, -0.2) is 83.9 Å². The number of aromatic nitrogens is 6. The number of imidazole rings is 3. The number of nitrogens with two attached hydrogens (primary N) is 1. The highest BCUT2D eigenvalue weighted by atomic mass is 32.2. The van der Waals surface area contributed by atoms with Crippen molar-refractivity contribution in [3.8, 4) is 33.4 Å². The Morgan fingerprint density at radius 1 is 0.441 bits per heavy atom. The molecule has 0 aliphatic carbocycles. The van der Waals surface area contributed by atoms with Gasteiger partial charge in [-0.15, -0.1) is 0 Å². The second-order valence-corrected chi connectivity index (χ2v) is 27.9. The zero-order valence-electron chi connectivity index (χ0n) is 49.1. The predicted molar refractivity (Wildman–Crippen MR) is 353 cm³/mol. The molecular formula is C67H54F5N9O8S4. The minimum absolute atomic E-state index is 0.0331. The summed E-state index contributed by atoms with van der Waals surface area (Å²) in [5.41, 5.74) is 8.62. The van der Waals surface area contributed by atoms with Crippen LogP contribution in [0.5, 0.6) is 0 Å².